The van der Waals surface area contributed by atoms with Crippen LogP contribution in [0.15, 0.2) is 22.7 Å². The normalized spacial score (nSPS) is 17.3. The van der Waals surface area contributed by atoms with Gasteiger partial charge in [-0.25, -0.2) is 0 Å². The Morgan fingerprint density at radius 3 is 2.67 bits per heavy atom. The van der Waals surface area contributed by atoms with Crippen molar-refractivity contribution in [1.82, 2.24) is 0 Å². The summed E-state index contributed by atoms with van der Waals surface area (Å²) in [7, 11) is 0. The molecule has 0 amide bonds. The molecule has 0 spiro atoms. The second kappa shape index (κ2) is 6.07. The lowest BCUT2D eigenvalue weighted by Crippen LogP contribution is -2.33. The van der Waals surface area contributed by atoms with Crippen LogP contribution in [0.2, 0.25) is 0 Å². The Labute approximate surface area is 118 Å². The average molecular weight is 312 g/mol. The van der Waals surface area contributed by atoms with Crippen LogP contribution in [0.1, 0.15) is 44.8 Å². The van der Waals surface area contributed by atoms with E-state index in [0.717, 1.165) is 29.0 Å². The largest absolute Gasteiger partial charge is 0.389 e. The van der Waals surface area contributed by atoms with Gasteiger partial charge in [-0.15, -0.1) is 0 Å². The predicted octanol–water partition coefficient (Wildman–Crippen LogP) is 4.13. The Morgan fingerprint density at radius 2 is 2.17 bits per heavy atom. The molecule has 1 N–H and O–H groups in total. The first-order chi connectivity index (χ1) is 8.61. The third kappa shape index (κ3) is 3.07. The van der Waals surface area contributed by atoms with Crippen molar-refractivity contribution < 1.29 is 5.11 Å². The fourth-order valence-electron chi connectivity index (χ4n) is 2.53. The van der Waals surface area contributed by atoms with Crippen LogP contribution in [0.3, 0.4) is 0 Å². The Balaban J connectivity index is 2.24. The van der Waals surface area contributed by atoms with Crippen molar-refractivity contribution in [2.75, 3.05) is 18.0 Å². The summed E-state index contributed by atoms with van der Waals surface area (Å²) in [6.07, 6.45) is 3.68. The van der Waals surface area contributed by atoms with Gasteiger partial charge < -0.3 is 10.0 Å². The van der Waals surface area contributed by atoms with Crippen molar-refractivity contribution in [3.63, 3.8) is 0 Å². The van der Waals surface area contributed by atoms with Gasteiger partial charge in [0.15, 0.2) is 0 Å². The van der Waals surface area contributed by atoms with Gasteiger partial charge in [0.25, 0.3) is 0 Å². The lowest BCUT2D eigenvalue weighted by Gasteiger charge is -2.34. The Kier molecular flexibility index (Phi) is 4.68. The highest BCUT2D eigenvalue weighted by atomic mass is 79.9. The number of rotatable bonds is 5. The smallest absolute Gasteiger partial charge is 0.0782 e. The topological polar surface area (TPSA) is 23.5 Å². The zero-order chi connectivity index (χ0) is 13.1. The van der Waals surface area contributed by atoms with Gasteiger partial charge in [0, 0.05) is 28.8 Å². The van der Waals surface area contributed by atoms with Gasteiger partial charge in [-0.1, -0.05) is 28.4 Å². The molecule has 1 unspecified atom stereocenters. The first-order valence-electron chi connectivity index (χ1n) is 6.84. The molecular weight excluding hydrogens is 290 g/mol. The summed E-state index contributed by atoms with van der Waals surface area (Å²) < 4.78 is 1.08. The molecule has 18 heavy (non-hydrogen) atoms. The van der Waals surface area contributed by atoms with Crippen LogP contribution in [0.4, 0.5) is 5.69 Å². The standard InChI is InChI=1S/C15H22BrNO/c1-3-17(10-12-5-4-6-12)15-9-13(16)7-8-14(15)11(2)18/h7-9,11-12,18H,3-6,10H2,1-2H3. The maximum absolute atomic E-state index is 9.90. The van der Waals surface area contributed by atoms with E-state index in [1.807, 2.05) is 19.1 Å². The van der Waals surface area contributed by atoms with E-state index in [0.29, 0.717) is 0 Å². The van der Waals surface area contributed by atoms with E-state index in [-0.39, 0.29) is 0 Å². The molecule has 0 heterocycles. The van der Waals surface area contributed by atoms with E-state index < -0.39 is 6.10 Å². The molecule has 1 saturated carbocycles. The van der Waals surface area contributed by atoms with Gasteiger partial charge >= 0.3 is 0 Å². The molecule has 0 bridgehead atoms. The second-order valence-electron chi connectivity index (χ2n) is 5.21. The maximum Gasteiger partial charge on any atom is 0.0782 e. The number of hydrogen-bond acceptors (Lipinski definition) is 2. The summed E-state index contributed by atoms with van der Waals surface area (Å²) in [4.78, 5) is 2.40. The zero-order valence-corrected chi connectivity index (χ0v) is 12.8. The van der Waals surface area contributed by atoms with Gasteiger partial charge in [0.05, 0.1) is 6.10 Å². The summed E-state index contributed by atoms with van der Waals surface area (Å²) >= 11 is 3.53. The van der Waals surface area contributed by atoms with E-state index >= 15 is 0 Å². The minimum absolute atomic E-state index is 0.413. The minimum atomic E-state index is -0.413. The molecule has 0 saturated heterocycles. The molecule has 1 aromatic rings. The van der Waals surface area contributed by atoms with Crippen molar-refractivity contribution in [2.45, 2.75) is 39.2 Å². The van der Waals surface area contributed by atoms with Crippen molar-refractivity contribution in [2.24, 2.45) is 5.92 Å². The second-order valence-corrected chi connectivity index (χ2v) is 6.13. The maximum atomic E-state index is 9.90. The molecule has 1 aromatic carbocycles. The molecular formula is C15H22BrNO. The van der Waals surface area contributed by atoms with Gasteiger partial charge in [-0.05, 0) is 44.7 Å². The van der Waals surface area contributed by atoms with Crippen molar-refractivity contribution in [1.29, 1.82) is 0 Å². The van der Waals surface area contributed by atoms with Crippen molar-refractivity contribution >= 4 is 21.6 Å². The summed E-state index contributed by atoms with van der Waals surface area (Å²) in [5, 5.41) is 9.90. The zero-order valence-electron chi connectivity index (χ0n) is 11.2. The monoisotopic (exact) mass is 311 g/mol. The Bertz CT molecular complexity index is 401. The molecule has 2 nitrogen and oxygen atoms in total. The van der Waals surface area contributed by atoms with Crippen LogP contribution < -0.4 is 4.90 Å². The molecule has 1 aliphatic rings. The number of aliphatic hydroxyl groups is 1. The number of benzene rings is 1. The molecule has 1 aliphatic carbocycles. The third-order valence-electron chi connectivity index (χ3n) is 3.87. The van der Waals surface area contributed by atoms with Gasteiger partial charge in [0.1, 0.15) is 0 Å². The minimum Gasteiger partial charge on any atom is -0.389 e. The predicted molar refractivity (Wildman–Crippen MR) is 80.0 cm³/mol. The molecule has 0 radical (unpaired) electrons. The van der Waals surface area contributed by atoms with Crippen LogP contribution in [0.25, 0.3) is 0 Å². The Morgan fingerprint density at radius 1 is 1.44 bits per heavy atom. The lowest BCUT2D eigenvalue weighted by atomic mass is 9.85. The average Bonchev–Trinajstić information content (AvgIpc) is 2.27. The summed E-state index contributed by atoms with van der Waals surface area (Å²) in [6.45, 7) is 6.13. The van der Waals surface area contributed by atoms with E-state index in [9.17, 15) is 5.11 Å². The van der Waals surface area contributed by atoms with Gasteiger partial charge in [0.2, 0.25) is 0 Å². The van der Waals surface area contributed by atoms with Crippen LogP contribution in [0, 0.1) is 5.92 Å². The summed E-state index contributed by atoms with van der Waals surface area (Å²) in [5.41, 5.74) is 2.20. The van der Waals surface area contributed by atoms with Crippen molar-refractivity contribution in [3.05, 3.63) is 28.2 Å². The van der Waals surface area contributed by atoms with Crippen LogP contribution in [-0.2, 0) is 0 Å². The van der Waals surface area contributed by atoms with Crippen LogP contribution >= 0.6 is 15.9 Å². The number of aliphatic hydroxyl groups excluding tert-OH is 1. The third-order valence-corrected chi connectivity index (χ3v) is 4.36. The highest BCUT2D eigenvalue weighted by molar-refractivity contribution is 9.10. The van der Waals surface area contributed by atoms with Gasteiger partial charge in [-0.2, -0.15) is 0 Å². The highest BCUT2D eigenvalue weighted by Gasteiger charge is 2.22. The fourth-order valence-corrected chi connectivity index (χ4v) is 2.88. The molecule has 0 aliphatic heterocycles. The summed E-state index contributed by atoms with van der Waals surface area (Å²) in [5.74, 6) is 0.839. The van der Waals surface area contributed by atoms with Gasteiger partial charge in [-0.3, -0.25) is 0 Å². The fraction of sp³-hybridized carbons (Fsp3) is 0.600. The van der Waals surface area contributed by atoms with Crippen molar-refractivity contribution in [3.8, 4) is 0 Å². The molecule has 2 rings (SSSR count). The quantitative estimate of drug-likeness (QED) is 0.884. The molecule has 1 atom stereocenters. The van der Waals surface area contributed by atoms with E-state index in [1.165, 1.54) is 24.9 Å². The number of nitrogens with zero attached hydrogens (tertiary/aromatic N) is 1. The molecule has 0 aromatic heterocycles. The molecule has 100 valence electrons. The van der Waals surface area contributed by atoms with E-state index in [4.69, 9.17) is 0 Å². The highest BCUT2D eigenvalue weighted by Crippen LogP contribution is 2.33. The number of hydrogen-bond donors (Lipinski definition) is 1. The molecule has 1 fully saturated rings. The van der Waals surface area contributed by atoms with Crippen LogP contribution in [-0.4, -0.2) is 18.2 Å². The van der Waals surface area contributed by atoms with Crippen LogP contribution in [0.5, 0.6) is 0 Å². The SMILES string of the molecule is CCN(CC1CCC1)c1cc(Br)ccc1C(C)O. The van der Waals surface area contributed by atoms with E-state index in [2.05, 4.69) is 33.8 Å². The first kappa shape index (κ1) is 13.9. The molecule has 3 heteroatoms. The van der Waals surface area contributed by atoms with E-state index in [1.54, 1.807) is 0 Å². The first-order valence-corrected chi connectivity index (χ1v) is 7.63. The number of halogens is 1. The number of anilines is 1. The lowest BCUT2D eigenvalue weighted by molar-refractivity contribution is 0.199. The summed E-state index contributed by atoms with van der Waals surface area (Å²) in [6, 6.07) is 6.15. The Hall–Kier alpha value is -0.540.